The highest BCUT2D eigenvalue weighted by molar-refractivity contribution is 7.09. The van der Waals surface area contributed by atoms with E-state index in [4.69, 9.17) is 0 Å². The summed E-state index contributed by atoms with van der Waals surface area (Å²) in [5.74, 6) is 0. The van der Waals surface area contributed by atoms with Crippen LogP contribution < -0.4 is 5.32 Å². The molecule has 2 heterocycles. The molecular weight excluding hydrogens is 232 g/mol. The van der Waals surface area contributed by atoms with Gasteiger partial charge >= 0.3 is 0 Å². The molecule has 4 nitrogen and oxygen atoms in total. The van der Waals surface area contributed by atoms with Gasteiger partial charge < -0.3 is 5.32 Å². The molecule has 0 fully saturated rings. The fourth-order valence-electron chi connectivity index (χ4n) is 1.74. The first-order valence-electron chi connectivity index (χ1n) is 5.78. The number of hydrogen-bond donors (Lipinski definition) is 1. The fraction of sp³-hybridized carbons (Fsp3) is 0.500. The molecule has 92 valence electrons. The van der Waals surface area contributed by atoms with Gasteiger partial charge in [-0.25, -0.2) is 4.98 Å². The second kappa shape index (κ2) is 4.87. The van der Waals surface area contributed by atoms with Crippen molar-refractivity contribution in [2.75, 3.05) is 5.32 Å². The highest BCUT2D eigenvalue weighted by atomic mass is 32.1. The van der Waals surface area contributed by atoms with Crippen LogP contribution in [0.4, 0.5) is 5.69 Å². The first-order chi connectivity index (χ1) is 8.08. The third-order valence-corrected chi connectivity index (χ3v) is 3.80. The number of rotatable bonds is 4. The van der Waals surface area contributed by atoms with Gasteiger partial charge in [0.05, 0.1) is 29.1 Å². The molecule has 0 aliphatic heterocycles. The van der Waals surface area contributed by atoms with Crippen molar-refractivity contribution in [3.63, 3.8) is 0 Å². The number of thiazole rings is 1. The van der Waals surface area contributed by atoms with Gasteiger partial charge in [0.2, 0.25) is 0 Å². The second-order valence-corrected chi connectivity index (χ2v) is 5.36. The zero-order valence-electron chi connectivity index (χ0n) is 10.6. The van der Waals surface area contributed by atoms with E-state index in [9.17, 15) is 0 Å². The Labute approximate surface area is 106 Å². The molecule has 0 aromatic carbocycles. The maximum atomic E-state index is 4.31. The van der Waals surface area contributed by atoms with Gasteiger partial charge in [-0.05, 0) is 27.7 Å². The lowest BCUT2D eigenvalue weighted by molar-refractivity contribution is 0.532. The number of nitrogens with zero attached hydrogens (tertiary/aromatic N) is 3. The molecule has 2 aromatic heterocycles. The molecular formula is C12H18N4S. The van der Waals surface area contributed by atoms with E-state index in [-0.39, 0.29) is 6.04 Å². The van der Waals surface area contributed by atoms with E-state index in [2.05, 4.69) is 36.2 Å². The molecule has 1 N–H and O–H groups in total. The summed E-state index contributed by atoms with van der Waals surface area (Å²) in [5.41, 5.74) is 4.05. The molecule has 0 radical (unpaired) electrons. The maximum absolute atomic E-state index is 4.31. The minimum Gasteiger partial charge on any atom is -0.375 e. The molecule has 0 spiro atoms. The van der Waals surface area contributed by atoms with Crippen LogP contribution in [-0.4, -0.2) is 14.8 Å². The molecule has 1 unspecified atom stereocenters. The molecule has 2 rings (SSSR count). The van der Waals surface area contributed by atoms with Gasteiger partial charge in [-0.3, -0.25) is 4.68 Å². The van der Waals surface area contributed by atoms with E-state index in [0.29, 0.717) is 6.04 Å². The average molecular weight is 250 g/mol. The Morgan fingerprint density at radius 1 is 1.35 bits per heavy atom. The Hall–Kier alpha value is -1.36. The summed E-state index contributed by atoms with van der Waals surface area (Å²) in [5, 5.41) is 7.76. The Morgan fingerprint density at radius 2 is 2.12 bits per heavy atom. The van der Waals surface area contributed by atoms with Gasteiger partial charge in [-0.1, -0.05) is 0 Å². The number of nitrogens with one attached hydrogen (secondary N) is 1. The summed E-state index contributed by atoms with van der Waals surface area (Å²) in [4.78, 5) is 5.55. The zero-order chi connectivity index (χ0) is 12.4. The van der Waals surface area contributed by atoms with E-state index in [1.807, 2.05) is 29.5 Å². The van der Waals surface area contributed by atoms with Crippen LogP contribution in [0.5, 0.6) is 0 Å². The van der Waals surface area contributed by atoms with Crippen molar-refractivity contribution in [2.45, 2.75) is 39.8 Å². The monoisotopic (exact) mass is 250 g/mol. The molecule has 0 amide bonds. The fourth-order valence-corrected chi connectivity index (χ4v) is 2.55. The molecule has 0 saturated carbocycles. The summed E-state index contributed by atoms with van der Waals surface area (Å²) < 4.78 is 1.95. The van der Waals surface area contributed by atoms with Crippen molar-refractivity contribution in [2.24, 2.45) is 0 Å². The first kappa shape index (κ1) is 12.1. The van der Waals surface area contributed by atoms with Crippen molar-refractivity contribution in [3.8, 4) is 0 Å². The Balaban J connectivity index is 2.08. The topological polar surface area (TPSA) is 42.7 Å². The SMILES string of the molecule is Cc1ncsc1C(C)Nc1cnn(C(C)C)c1. The number of hydrogen-bond acceptors (Lipinski definition) is 4. The van der Waals surface area contributed by atoms with E-state index >= 15 is 0 Å². The van der Waals surface area contributed by atoms with Crippen LogP contribution in [0.3, 0.4) is 0 Å². The van der Waals surface area contributed by atoms with E-state index in [1.165, 1.54) is 4.88 Å². The van der Waals surface area contributed by atoms with Gasteiger partial charge in [-0.2, -0.15) is 5.10 Å². The van der Waals surface area contributed by atoms with Gasteiger partial charge in [0, 0.05) is 17.1 Å². The normalized spacial score (nSPS) is 13.0. The minimum atomic E-state index is 0.271. The van der Waals surface area contributed by atoms with E-state index in [1.54, 1.807) is 11.3 Å². The molecule has 17 heavy (non-hydrogen) atoms. The van der Waals surface area contributed by atoms with Gasteiger partial charge in [-0.15, -0.1) is 11.3 Å². The van der Waals surface area contributed by atoms with Crippen LogP contribution in [0.15, 0.2) is 17.9 Å². The number of aromatic nitrogens is 3. The molecule has 0 saturated heterocycles. The molecule has 0 aliphatic rings. The van der Waals surface area contributed by atoms with Crippen molar-refractivity contribution < 1.29 is 0 Å². The average Bonchev–Trinajstić information content (AvgIpc) is 2.86. The number of anilines is 1. The largest absolute Gasteiger partial charge is 0.375 e. The highest BCUT2D eigenvalue weighted by Gasteiger charge is 2.11. The molecule has 2 aromatic rings. The molecule has 0 bridgehead atoms. The molecule has 5 heteroatoms. The van der Waals surface area contributed by atoms with Crippen LogP contribution in [0.1, 0.15) is 43.4 Å². The summed E-state index contributed by atoms with van der Waals surface area (Å²) in [6, 6.07) is 0.665. The predicted octanol–water partition coefficient (Wildman–Crippen LogP) is 3.40. The second-order valence-electron chi connectivity index (χ2n) is 4.47. The molecule has 0 aliphatic carbocycles. The summed E-state index contributed by atoms with van der Waals surface area (Å²) >= 11 is 1.69. The zero-order valence-corrected chi connectivity index (χ0v) is 11.5. The lowest BCUT2D eigenvalue weighted by atomic mass is 10.2. The Morgan fingerprint density at radius 3 is 2.65 bits per heavy atom. The smallest absolute Gasteiger partial charge is 0.0798 e. The standard InChI is InChI=1S/C12H18N4S/c1-8(2)16-6-11(5-14-16)15-10(4)12-9(3)13-7-17-12/h5-8,10,15H,1-4H3. The van der Waals surface area contributed by atoms with Crippen LogP contribution in [0, 0.1) is 6.92 Å². The maximum Gasteiger partial charge on any atom is 0.0798 e. The third kappa shape index (κ3) is 2.66. The van der Waals surface area contributed by atoms with Crippen LogP contribution in [0.2, 0.25) is 0 Å². The van der Waals surface area contributed by atoms with Gasteiger partial charge in [0.15, 0.2) is 0 Å². The van der Waals surface area contributed by atoms with E-state index in [0.717, 1.165) is 11.4 Å². The van der Waals surface area contributed by atoms with Crippen molar-refractivity contribution in [1.29, 1.82) is 0 Å². The summed E-state index contributed by atoms with van der Waals surface area (Å²) in [6.07, 6.45) is 3.91. The molecule has 1 atom stereocenters. The van der Waals surface area contributed by atoms with Crippen molar-refractivity contribution in [3.05, 3.63) is 28.5 Å². The quantitative estimate of drug-likeness (QED) is 0.904. The van der Waals surface area contributed by atoms with Gasteiger partial charge in [0.1, 0.15) is 0 Å². The predicted molar refractivity (Wildman–Crippen MR) is 71.5 cm³/mol. The minimum absolute atomic E-state index is 0.271. The lowest BCUT2D eigenvalue weighted by Gasteiger charge is -2.12. The summed E-state index contributed by atoms with van der Waals surface area (Å²) in [7, 11) is 0. The van der Waals surface area contributed by atoms with Gasteiger partial charge in [0.25, 0.3) is 0 Å². The van der Waals surface area contributed by atoms with Crippen LogP contribution in [0.25, 0.3) is 0 Å². The van der Waals surface area contributed by atoms with Crippen molar-refractivity contribution in [1.82, 2.24) is 14.8 Å². The highest BCUT2D eigenvalue weighted by Crippen LogP contribution is 2.25. The van der Waals surface area contributed by atoms with Crippen LogP contribution >= 0.6 is 11.3 Å². The van der Waals surface area contributed by atoms with Crippen molar-refractivity contribution >= 4 is 17.0 Å². The third-order valence-electron chi connectivity index (χ3n) is 2.69. The summed E-state index contributed by atoms with van der Waals surface area (Å²) in [6.45, 7) is 8.43. The lowest BCUT2D eigenvalue weighted by Crippen LogP contribution is -2.06. The first-order valence-corrected chi connectivity index (χ1v) is 6.66. The van der Waals surface area contributed by atoms with Crippen LogP contribution in [-0.2, 0) is 0 Å². The van der Waals surface area contributed by atoms with E-state index < -0.39 is 0 Å². The Kier molecular flexibility index (Phi) is 3.47. The number of aryl methyl sites for hydroxylation is 1. The Bertz CT molecular complexity index is 486.